The molecule has 2 aliphatic rings. The molecular formula is C53H54ClNO8. The van der Waals surface area contributed by atoms with E-state index in [4.69, 9.17) is 50.5 Å². The highest BCUT2D eigenvalue weighted by molar-refractivity contribution is 6.31. The Morgan fingerprint density at radius 1 is 0.651 bits per heavy atom. The molecule has 0 aliphatic carbocycles. The minimum absolute atomic E-state index is 0.0664. The van der Waals surface area contributed by atoms with Crippen molar-refractivity contribution in [2.24, 2.45) is 5.73 Å². The summed E-state index contributed by atoms with van der Waals surface area (Å²) in [6.45, 7) is 2.02. The van der Waals surface area contributed by atoms with E-state index in [0.29, 0.717) is 24.5 Å². The number of benzene rings is 6. The summed E-state index contributed by atoms with van der Waals surface area (Å²) in [5, 5.41) is 0.624. The number of rotatable bonds is 19. The second-order valence-corrected chi connectivity index (χ2v) is 16.5. The van der Waals surface area contributed by atoms with Gasteiger partial charge in [-0.2, -0.15) is 0 Å². The van der Waals surface area contributed by atoms with Gasteiger partial charge >= 0.3 is 5.97 Å². The average molecular weight is 868 g/mol. The third-order valence-corrected chi connectivity index (χ3v) is 11.8. The Morgan fingerprint density at radius 3 is 1.78 bits per heavy atom. The van der Waals surface area contributed by atoms with Crippen LogP contribution in [0.5, 0.6) is 5.75 Å². The number of ether oxygens (including phenoxy) is 7. The Hall–Kier alpha value is -5.36. The summed E-state index contributed by atoms with van der Waals surface area (Å²) in [6.07, 6.45) is -1.70. The van der Waals surface area contributed by atoms with E-state index in [0.717, 1.165) is 57.7 Å². The summed E-state index contributed by atoms with van der Waals surface area (Å²) < 4.78 is 45.5. The van der Waals surface area contributed by atoms with E-state index >= 15 is 0 Å². The molecule has 7 atom stereocenters. The maximum absolute atomic E-state index is 13.6. The van der Waals surface area contributed by atoms with Gasteiger partial charge in [0.15, 0.2) is 0 Å². The van der Waals surface area contributed by atoms with Crippen LogP contribution >= 0.6 is 11.6 Å². The summed E-state index contributed by atoms with van der Waals surface area (Å²) in [5.74, 6) is 0.272. The number of halogens is 1. The molecule has 63 heavy (non-hydrogen) atoms. The van der Waals surface area contributed by atoms with Gasteiger partial charge in [-0.1, -0.05) is 157 Å². The molecule has 8 rings (SSSR count). The highest BCUT2D eigenvalue weighted by Crippen LogP contribution is 2.40. The Kier molecular flexibility index (Phi) is 15.7. The molecule has 0 amide bonds. The number of carbonyl (C=O) groups excluding carboxylic acids is 1. The number of nitrogens with two attached hydrogens (primary N) is 1. The van der Waals surface area contributed by atoms with Crippen molar-refractivity contribution in [3.8, 4) is 5.75 Å². The van der Waals surface area contributed by atoms with Crippen molar-refractivity contribution in [1.82, 2.24) is 0 Å². The lowest BCUT2D eigenvalue weighted by Gasteiger charge is -2.46. The molecule has 9 nitrogen and oxygen atoms in total. The zero-order valence-electron chi connectivity index (χ0n) is 35.2. The molecule has 2 saturated heterocycles. The highest BCUT2D eigenvalue weighted by Gasteiger charge is 2.49. The SMILES string of the molecule is N[C@@H](Cc1ccccc1)C(=O)OC[C@H]1O[C@@H](c2ccc(Cl)c(Cc3ccc(O[C@@H]4CCOC4)cc3)c2)[C@H](OCc2ccccc2)[C@@H](OCc2ccccc2)[C@@H]1OCc1ccccc1. The van der Waals surface area contributed by atoms with Crippen molar-refractivity contribution in [2.75, 3.05) is 19.8 Å². The lowest BCUT2D eigenvalue weighted by Crippen LogP contribution is -2.58. The van der Waals surface area contributed by atoms with E-state index in [1.807, 2.05) is 146 Å². The molecule has 2 fully saturated rings. The van der Waals surface area contributed by atoms with E-state index < -0.39 is 42.5 Å². The van der Waals surface area contributed by atoms with E-state index in [9.17, 15) is 4.79 Å². The second-order valence-electron chi connectivity index (χ2n) is 16.1. The van der Waals surface area contributed by atoms with E-state index in [1.54, 1.807) is 0 Å². The van der Waals surface area contributed by atoms with Gasteiger partial charge in [-0.05, 0) is 70.0 Å². The molecule has 10 heteroatoms. The van der Waals surface area contributed by atoms with Crippen LogP contribution in [0.3, 0.4) is 0 Å². The largest absolute Gasteiger partial charge is 0.488 e. The van der Waals surface area contributed by atoms with Gasteiger partial charge in [0.1, 0.15) is 55.0 Å². The van der Waals surface area contributed by atoms with E-state index in [-0.39, 0.29) is 32.5 Å². The first-order chi connectivity index (χ1) is 30.9. The third kappa shape index (κ3) is 12.4. The lowest BCUT2D eigenvalue weighted by atomic mass is 9.89. The maximum atomic E-state index is 13.6. The van der Waals surface area contributed by atoms with Crippen LogP contribution in [0.1, 0.15) is 51.5 Å². The Morgan fingerprint density at radius 2 is 1.21 bits per heavy atom. The van der Waals surface area contributed by atoms with Crippen LogP contribution in [0.2, 0.25) is 5.02 Å². The van der Waals surface area contributed by atoms with Crippen LogP contribution in [-0.4, -0.2) is 62.4 Å². The van der Waals surface area contributed by atoms with Crippen LogP contribution in [0, 0.1) is 0 Å². The van der Waals surface area contributed by atoms with Crippen molar-refractivity contribution < 1.29 is 38.0 Å². The number of carbonyl (C=O) groups is 1. The summed E-state index contributed by atoms with van der Waals surface area (Å²) in [4.78, 5) is 13.6. The number of hydrogen-bond acceptors (Lipinski definition) is 9. The van der Waals surface area contributed by atoms with Crippen molar-refractivity contribution >= 4 is 17.6 Å². The van der Waals surface area contributed by atoms with Crippen molar-refractivity contribution in [3.05, 3.63) is 208 Å². The molecule has 0 spiro atoms. The standard InChI is InChI=1S/C53H54ClNO8/c54-46-26-23-42(31-43(46)29-38-21-24-44(25-22-38)62-45-27-28-57-35-45)49-51(59-33-40-17-9-3-10-18-40)52(60-34-41-19-11-4-12-20-41)50(58-32-39-15-7-2-8-16-39)48(63-49)36-61-53(56)47(55)30-37-13-5-1-6-14-37/h1-26,31,45,47-52H,27-30,32-36,55H2/t45-,47+,48-,49+,50-,51+,52+/m1/s1. The Labute approximate surface area is 375 Å². The van der Waals surface area contributed by atoms with E-state index in [2.05, 4.69) is 18.2 Å². The zero-order valence-corrected chi connectivity index (χ0v) is 36.0. The second kappa shape index (κ2) is 22.3. The minimum atomic E-state index is -0.876. The third-order valence-electron chi connectivity index (χ3n) is 11.4. The molecule has 2 N–H and O–H groups in total. The summed E-state index contributed by atoms with van der Waals surface area (Å²) in [5.41, 5.74) is 13.1. The monoisotopic (exact) mass is 867 g/mol. The highest BCUT2D eigenvalue weighted by atomic mass is 35.5. The fourth-order valence-electron chi connectivity index (χ4n) is 8.02. The fraction of sp³-hybridized carbons (Fsp3) is 0.302. The van der Waals surface area contributed by atoms with Gasteiger partial charge in [-0.15, -0.1) is 0 Å². The molecular weight excluding hydrogens is 814 g/mol. The molecule has 2 aliphatic heterocycles. The summed E-state index contributed by atoms with van der Waals surface area (Å²) in [7, 11) is 0. The van der Waals surface area contributed by atoms with Gasteiger partial charge in [0.2, 0.25) is 0 Å². The first-order valence-corrected chi connectivity index (χ1v) is 22.0. The molecule has 0 saturated carbocycles. The zero-order chi connectivity index (χ0) is 43.2. The molecule has 0 radical (unpaired) electrons. The van der Waals surface area contributed by atoms with Crippen molar-refractivity contribution in [2.45, 2.75) is 81.7 Å². The van der Waals surface area contributed by atoms with Crippen LogP contribution in [0.4, 0.5) is 0 Å². The maximum Gasteiger partial charge on any atom is 0.323 e. The average Bonchev–Trinajstić information content (AvgIpc) is 3.84. The van der Waals surface area contributed by atoms with Crippen LogP contribution in [0.15, 0.2) is 164 Å². The molecule has 2 heterocycles. The topological polar surface area (TPSA) is 108 Å². The molecule has 326 valence electrons. The van der Waals surface area contributed by atoms with Crippen molar-refractivity contribution in [3.63, 3.8) is 0 Å². The van der Waals surface area contributed by atoms with Gasteiger partial charge in [-0.25, -0.2) is 0 Å². The molecule has 0 bridgehead atoms. The first kappa shape index (κ1) is 44.3. The van der Waals surface area contributed by atoms with E-state index in [1.165, 1.54) is 0 Å². The van der Waals surface area contributed by atoms with Gasteiger partial charge < -0.3 is 38.9 Å². The summed E-state index contributed by atoms with van der Waals surface area (Å²) >= 11 is 6.95. The fourth-order valence-corrected chi connectivity index (χ4v) is 8.21. The number of hydrogen-bond donors (Lipinski definition) is 1. The van der Waals surface area contributed by atoms with Gasteiger partial charge in [0.05, 0.1) is 33.0 Å². The lowest BCUT2D eigenvalue weighted by molar-refractivity contribution is -0.273. The van der Waals surface area contributed by atoms with Gasteiger partial charge in [-0.3, -0.25) is 4.79 Å². The predicted molar refractivity (Wildman–Crippen MR) is 242 cm³/mol. The van der Waals surface area contributed by atoms with Crippen LogP contribution in [0.25, 0.3) is 0 Å². The Bertz CT molecular complexity index is 2300. The quantitative estimate of drug-likeness (QED) is 0.0798. The number of esters is 1. The van der Waals surface area contributed by atoms with Gasteiger partial charge in [0, 0.05) is 11.4 Å². The van der Waals surface area contributed by atoms with Crippen LogP contribution < -0.4 is 10.5 Å². The Balaban J connectivity index is 1.12. The van der Waals surface area contributed by atoms with Crippen LogP contribution in [-0.2, 0) is 65.9 Å². The molecule has 6 aromatic carbocycles. The first-order valence-electron chi connectivity index (χ1n) is 21.6. The van der Waals surface area contributed by atoms with Gasteiger partial charge in [0.25, 0.3) is 0 Å². The summed E-state index contributed by atoms with van der Waals surface area (Å²) in [6, 6.07) is 52.8. The van der Waals surface area contributed by atoms with Crippen molar-refractivity contribution in [1.29, 1.82) is 0 Å². The minimum Gasteiger partial charge on any atom is -0.488 e. The normalized spacial score (nSPS) is 21.4. The molecule has 6 aromatic rings. The smallest absolute Gasteiger partial charge is 0.323 e. The molecule has 0 unspecified atom stereocenters. The molecule has 0 aromatic heterocycles. The predicted octanol–water partition coefficient (Wildman–Crippen LogP) is 9.41.